The molecule has 0 fully saturated rings. The van der Waals surface area contributed by atoms with E-state index < -0.39 is 0 Å². The first-order valence-corrected chi connectivity index (χ1v) is 8.24. The third-order valence-electron chi connectivity index (χ3n) is 2.42. The number of hydrogen-bond acceptors (Lipinski definition) is 2. The first-order chi connectivity index (χ1) is 8.07. The van der Waals surface area contributed by atoms with Crippen LogP contribution in [0.1, 0.15) is 38.2 Å². The molecule has 17 heavy (non-hydrogen) atoms. The Morgan fingerprint density at radius 2 is 1.88 bits per heavy atom. The van der Waals surface area contributed by atoms with E-state index in [9.17, 15) is 0 Å². The molecule has 1 rings (SSSR count). The molecule has 0 radical (unpaired) electrons. The van der Waals surface area contributed by atoms with Crippen LogP contribution in [0.2, 0.25) is 0 Å². The van der Waals surface area contributed by atoms with Gasteiger partial charge in [0.1, 0.15) is 0 Å². The maximum Gasteiger partial charge on any atom is -0.0708 e. The zero-order chi connectivity index (χ0) is 13.1. The van der Waals surface area contributed by atoms with Crippen molar-refractivity contribution in [1.82, 2.24) is 0 Å². The molecule has 0 atom stereocenters. The molecule has 90 valence electrons. The third kappa shape index (κ3) is 10.8. The van der Waals surface area contributed by atoms with Crippen LogP contribution < -0.4 is 9.89 Å². The third-order valence-corrected chi connectivity index (χ3v) is 3.87. The van der Waals surface area contributed by atoms with Crippen LogP contribution in [0.4, 0.5) is 0 Å². The first-order valence-electron chi connectivity index (χ1n) is 5.94. The topological polar surface area (TPSA) is 26.0 Å². The van der Waals surface area contributed by atoms with E-state index in [1.54, 1.807) is 9.72 Å². The van der Waals surface area contributed by atoms with Crippen molar-refractivity contribution in [2.45, 2.75) is 39.0 Å². The second-order valence-electron chi connectivity index (χ2n) is 3.90. The molecule has 0 heterocycles. The summed E-state index contributed by atoms with van der Waals surface area (Å²) in [4.78, 5) is 0. The molecule has 1 aromatic rings. The summed E-state index contributed by atoms with van der Waals surface area (Å²) < 4.78 is 1.65. The van der Waals surface area contributed by atoms with E-state index in [0.29, 0.717) is 0 Å². The van der Waals surface area contributed by atoms with Gasteiger partial charge in [0.05, 0.1) is 0 Å². The van der Waals surface area contributed by atoms with Crippen LogP contribution >= 0.6 is 12.2 Å². The molecule has 0 aliphatic carbocycles. The summed E-state index contributed by atoms with van der Waals surface area (Å²) in [7, 11) is 0. The molecule has 1 aromatic carbocycles. The Balaban J connectivity index is 0.000000557. The number of hydrogen-bond donors (Lipinski definition) is 1. The molecular formula is C13H19NS2Zn. The minimum absolute atomic E-state index is 0.0833. The van der Waals surface area contributed by atoms with Crippen LogP contribution in [0.15, 0.2) is 24.3 Å². The smallest absolute Gasteiger partial charge is 0.0708 e. The fourth-order valence-electron chi connectivity index (χ4n) is 1.54. The number of benzene rings is 1. The van der Waals surface area contributed by atoms with Crippen molar-refractivity contribution in [2.75, 3.05) is 0 Å². The Morgan fingerprint density at radius 3 is 2.41 bits per heavy atom. The molecular weight excluding hydrogens is 300 g/mol. The summed E-state index contributed by atoms with van der Waals surface area (Å²) in [5.74, 6) is 0. The minimum Gasteiger partial charge on any atom is -0.415 e. The van der Waals surface area contributed by atoms with Crippen molar-refractivity contribution in [3.63, 3.8) is 0 Å². The maximum atomic E-state index is 4.66. The molecule has 4 heteroatoms. The standard InChI is InChI=1S/C12H17.CH3NS2.Zn/c1-2-3-4-6-9-12-10-7-5-8-11-12;2-1(3)4;/h5,7-8,10H,2-4,6,9H2,1H3;(H3,2,3,4);/q;;+1/p-1. The predicted octanol–water partition coefficient (Wildman–Crippen LogP) is 2.76. The van der Waals surface area contributed by atoms with Crippen molar-refractivity contribution in [1.29, 1.82) is 0 Å². The van der Waals surface area contributed by atoms with Gasteiger partial charge < -0.3 is 30.6 Å². The van der Waals surface area contributed by atoms with Crippen molar-refractivity contribution >= 4 is 33.3 Å². The van der Waals surface area contributed by atoms with E-state index in [4.69, 9.17) is 0 Å². The van der Waals surface area contributed by atoms with E-state index in [0.717, 1.165) is 0 Å². The SMILES string of the molecule is CCCCCCc1cccc[c]1[Zn+].NC(=S)[S-]. The van der Waals surface area contributed by atoms with E-state index in [1.807, 2.05) is 0 Å². The number of unbranched alkanes of at least 4 members (excludes halogenated alkanes) is 3. The molecule has 0 saturated carbocycles. The molecule has 0 aliphatic rings. The van der Waals surface area contributed by atoms with Gasteiger partial charge in [-0.25, -0.2) is 0 Å². The fourth-order valence-corrected chi connectivity index (χ4v) is 2.45. The van der Waals surface area contributed by atoms with Crippen LogP contribution in [0.25, 0.3) is 0 Å². The molecule has 0 aliphatic heterocycles. The van der Waals surface area contributed by atoms with Crippen molar-refractivity contribution in [2.24, 2.45) is 5.73 Å². The van der Waals surface area contributed by atoms with Crippen LogP contribution in [0.3, 0.4) is 0 Å². The zero-order valence-corrected chi connectivity index (χ0v) is 15.0. The van der Waals surface area contributed by atoms with Crippen LogP contribution in [0.5, 0.6) is 0 Å². The number of aryl methyl sites for hydroxylation is 1. The van der Waals surface area contributed by atoms with Crippen LogP contribution in [-0.4, -0.2) is 4.32 Å². The maximum absolute atomic E-state index is 4.66. The monoisotopic (exact) mass is 317 g/mol. The van der Waals surface area contributed by atoms with Gasteiger partial charge in [0.25, 0.3) is 0 Å². The van der Waals surface area contributed by atoms with Crippen molar-refractivity contribution < 1.29 is 18.3 Å². The van der Waals surface area contributed by atoms with E-state index in [2.05, 4.69) is 61.8 Å². The molecule has 0 unspecified atom stereocenters. The van der Waals surface area contributed by atoms with Gasteiger partial charge in [-0.3, -0.25) is 0 Å². The first kappa shape index (κ1) is 17.0. The van der Waals surface area contributed by atoms with Gasteiger partial charge in [0, 0.05) is 0 Å². The normalized spacial score (nSPS) is 9.35. The Bertz CT molecular complexity index is 325. The molecule has 2 N–H and O–H groups in total. The summed E-state index contributed by atoms with van der Waals surface area (Å²) >= 11 is 9.55. The van der Waals surface area contributed by atoms with E-state index >= 15 is 0 Å². The van der Waals surface area contributed by atoms with Gasteiger partial charge in [-0.15, -0.1) is 0 Å². The number of rotatable bonds is 5. The zero-order valence-electron chi connectivity index (χ0n) is 10.4. The van der Waals surface area contributed by atoms with Gasteiger partial charge in [-0.05, 0) is 0 Å². The summed E-state index contributed by atoms with van der Waals surface area (Å²) in [6.45, 7) is 2.26. The Kier molecular flexibility index (Phi) is 11.0. The molecule has 0 bridgehead atoms. The van der Waals surface area contributed by atoms with Gasteiger partial charge in [0.2, 0.25) is 0 Å². The molecule has 0 aromatic heterocycles. The molecule has 0 amide bonds. The van der Waals surface area contributed by atoms with Gasteiger partial charge in [-0.1, -0.05) is 4.32 Å². The number of nitrogens with two attached hydrogens (primary N) is 1. The molecule has 1 nitrogen and oxygen atoms in total. The fraction of sp³-hybridized carbons (Fsp3) is 0.462. The van der Waals surface area contributed by atoms with Gasteiger partial charge >= 0.3 is 91.3 Å². The number of thiocarbonyl (C=S) groups is 1. The molecule has 0 saturated heterocycles. The summed E-state index contributed by atoms with van der Waals surface area (Å²) in [6.07, 6.45) is 6.77. The quantitative estimate of drug-likeness (QED) is 0.391. The predicted molar refractivity (Wildman–Crippen MR) is 78.1 cm³/mol. The average Bonchev–Trinajstić information content (AvgIpc) is 2.26. The second kappa shape index (κ2) is 11.1. The average molecular weight is 319 g/mol. The summed E-state index contributed by atoms with van der Waals surface area (Å²) in [5.41, 5.74) is 6.24. The van der Waals surface area contributed by atoms with Crippen molar-refractivity contribution in [3.05, 3.63) is 29.8 Å². The Labute approximate surface area is 126 Å². The second-order valence-corrected chi connectivity index (χ2v) is 6.63. The van der Waals surface area contributed by atoms with Crippen LogP contribution in [0, 0.1) is 0 Å². The summed E-state index contributed by atoms with van der Waals surface area (Å²) in [5, 5.41) is 0. The van der Waals surface area contributed by atoms with Gasteiger partial charge in [-0.2, -0.15) is 0 Å². The van der Waals surface area contributed by atoms with Gasteiger partial charge in [0.15, 0.2) is 0 Å². The Hall–Kier alpha value is -0.0466. The summed E-state index contributed by atoms with van der Waals surface area (Å²) in [6, 6.07) is 8.85. The van der Waals surface area contributed by atoms with Crippen LogP contribution in [-0.2, 0) is 37.4 Å². The van der Waals surface area contributed by atoms with E-state index in [1.165, 1.54) is 50.4 Å². The Morgan fingerprint density at radius 1 is 1.29 bits per heavy atom. The van der Waals surface area contributed by atoms with E-state index in [-0.39, 0.29) is 4.32 Å². The van der Waals surface area contributed by atoms with Crippen molar-refractivity contribution in [3.8, 4) is 0 Å². The minimum atomic E-state index is 0.0833. The largest absolute Gasteiger partial charge is 0.415 e. The molecule has 0 spiro atoms.